The van der Waals surface area contributed by atoms with E-state index < -0.39 is 6.10 Å². The van der Waals surface area contributed by atoms with Crippen molar-refractivity contribution >= 4 is 27.3 Å². The average Bonchev–Trinajstić information content (AvgIpc) is 2.36. The maximum Gasteiger partial charge on any atom is 0.113 e. The smallest absolute Gasteiger partial charge is 0.113 e. The molecule has 0 saturated heterocycles. The molecule has 1 aromatic rings. The summed E-state index contributed by atoms with van der Waals surface area (Å²) >= 11 is 4.85. The Morgan fingerprint density at radius 2 is 2.55 bits per heavy atom. The number of aliphatic hydroxyl groups excluding tert-OH is 1. The molecule has 1 unspecified atom stereocenters. The summed E-state index contributed by atoms with van der Waals surface area (Å²) in [6, 6.07) is 1.92. The molecule has 1 N–H and O–H groups in total. The lowest BCUT2D eigenvalue weighted by Crippen LogP contribution is -2.03. The van der Waals surface area contributed by atoms with Gasteiger partial charge in [0.05, 0.1) is 6.61 Å². The van der Waals surface area contributed by atoms with Gasteiger partial charge in [-0.25, -0.2) is 0 Å². The highest BCUT2D eigenvalue weighted by atomic mass is 79.9. The fraction of sp³-hybridized carbons (Fsp3) is 0.429. The molecule has 0 fully saturated rings. The molecule has 0 aliphatic rings. The molecule has 2 nitrogen and oxygen atoms in total. The third-order valence-electron chi connectivity index (χ3n) is 1.27. The highest BCUT2D eigenvalue weighted by Gasteiger charge is 2.11. The monoisotopic (exact) mass is 236 g/mol. The lowest BCUT2D eigenvalue weighted by Gasteiger charge is -2.06. The Balaban J connectivity index is 2.67. The molecule has 0 aliphatic carbocycles. The van der Waals surface area contributed by atoms with Crippen LogP contribution in [0.15, 0.2) is 15.9 Å². The highest BCUT2D eigenvalue weighted by molar-refractivity contribution is 9.10. The molecule has 0 aliphatic heterocycles. The molecule has 0 aromatic carbocycles. The number of hydrogen-bond acceptors (Lipinski definition) is 3. The van der Waals surface area contributed by atoms with Crippen LogP contribution in [0, 0.1) is 0 Å². The van der Waals surface area contributed by atoms with Crippen LogP contribution in [0.3, 0.4) is 0 Å². The van der Waals surface area contributed by atoms with Crippen molar-refractivity contribution in [2.45, 2.75) is 6.10 Å². The highest BCUT2D eigenvalue weighted by Crippen LogP contribution is 2.28. The van der Waals surface area contributed by atoms with Crippen LogP contribution in [0.5, 0.6) is 0 Å². The molecule has 1 atom stereocenters. The molecule has 11 heavy (non-hydrogen) atoms. The normalized spacial score (nSPS) is 13.4. The Kier molecular flexibility index (Phi) is 3.51. The van der Waals surface area contributed by atoms with E-state index in [1.165, 1.54) is 11.3 Å². The molecular formula is C7H9BrO2S. The predicted molar refractivity (Wildman–Crippen MR) is 48.9 cm³/mol. The lowest BCUT2D eigenvalue weighted by atomic mass is 10.3. The zero-order chi connectivity index (χ0) is 8.27. The van der Waals surface area contributed by atoms with Crippen molar-refractivity contribution in [1.82, 2.24) is 0 Å². The summed E-state index contributed by atoms with van der Waals surface area (Å²) in [5.41, 5.74) is 0. The molecule has 62 valence electrons. The van der Waals surface area contributed by atoms with E-state index in [0.717, 1.165) is 9.35 Å². The first kappa shape index (κ1) is 9.19. The average molecular weight is 237 g/mol. The first-order valence-electron chi connectivity index (χ1n) is 3.15. The molecule has 0 bridgehead atoms. The second kappa shape index (κ2) is 4.21. The number of ether oxygens (including phenoxy) is 1. The first-order valence-corrected chi connectivity index (χ1v) is 4.83. The fourth-order valence-corrected chi connectivity index (χ4v) is 2.38. The van der Waals surface area contributed by atoms with Crippen molar-refractivity contribution in [2.75, 3.05) is 13.7 Å². The number of hydrogen-bond donors (Lipinski definition) is 1. The van der Waals surface area contributed by atoms with Crippen LogP contribution in [0.1, 0.15) is 11.0 Å². The third-order valence-corrected chi connectivity index (χ3v) is 3.24. The number of thiophene rings is 1. The van der Waals surface area contributed by atoms with Gasteiger partial charge in [0, 0.05) is 16.5 Å². The molecule has 1 aromatic heterocycles. The first-order chi connectivity index (χ1) is 5.25. The van der Waals surface area contributed by atoms with Gasteiger partial charge in [0.15, 0.2) is 0 Å². The van der Waals surface area contributed by atoms with Crippen molar-refractivity contribution in [1.29, 1.82) is 0 Å². The Bertz CT molecular complexity index is 224. The van der Waals surface area contributed by atoms with E-state index in [1.54, 1.807) is 7.11 Å². The molecule has 4 heteroatoms. The minimum atomic E-state index is -0.505. The maximum absolute atomic E-state index is 9.45. The van der Waals surface area contributed by atoms with Gasteiger partial charge in [0.2, 0.25) is 0 Å². The lowest BCUT2D eigenvalue weighted by molar-refractivity contribution is 0.0662. The minimum Gasteiger partial charge on any atom is -0.385 e. The molecular weight excluding hydrogens is 228 g/mol. The van der Waals surface area contributed by atoms with Gasteiger partial charge in [-0.3, -0.25) is 0 Å². The number of aliphatic hydroxyl groups is 1. The van der Waals surface area contributed by atoms with E-state index in [4.69, 9.17) is 4.74 Å². The van der Waals surface area contributed by atoms with Crippen LogP contribution in [-0.4, -0.2) is 18.8 Å². The second-order valence-corrected chi connectivity index (χ2v) is 3.91. The van der Waals surface area contributed by atoms with E-state index >= 15 is 0 Å². The Morgan fingerprint density at radius 1 is 1.82 bits per heavy atom. The van der Waals surface area contributed by atoms with E-state index in [-0.39, 0.29) is 0 Å². The van der Waals surface area contributed by atoms with Gasteiger partial charge in [0.1, 0.15) is 6.10 Å². The Morgan fingerprint density at radius 3 is 3.00 bits per heavy atom. The Hall–Kier alpha value is 0.100. The van der Waals surface area contributed by atoms with Gasteiger partial charge in [-0.05, 0) is 27.4 Å². The number of methoxy groups -OCH3 is 1. The van der Waals surface area contributed by atoms with E-state index in [1.807, 2.05) is 11.4 Å². The van der Waals surface area contributed by atoms with Crippen LogP contribution in [-0.2, 0) is 4.74 Å². The van der Waals surface area contributed by atoms with Gasteiger partial charge in [-0.2, -0.15) is 0 Å². The fourth-order valence-electron chi connectivity index (χ4n) is 0.777. The summed E-state index contributed by atoms with van der Waals surface area (Å²) < 4.78 is 5.77. The van der Waals surface area contributed by atoms with Gasteiger partial charge in [0.25, 0.3) is 0 Å². The van der Waals surface area contributed by atoms with Crippen molar-refractivity contribution < 1.29 is 9.84 Å². The molecule has 1 rings (SSSR count). The molecule has 0 spiro atoms. The van der Waals surface area contributed by atoms with Crippen molar-refractivity contribution in [2.24, 2.45) is 0 Å². The van der Waals surface area contributed by atoms with E-state index in [9.17, 15) is 5.11 Å². The minimum absolute atomic E-state index is 0.346. The topological polar surface area (TPSA) is 29.5 Å². The van der Waals surface area contributed by atoms with Crippen molar-refractivity contribution in [3.05, 3.63) is 20.8 Å². The van der Waals surface area contributed by atoms with Crippen molar-refractivity contribution in [3.63, 3.8) is 0 Å². The van der Waals surface area contributed by atoms with E-state index in [0.29, 0.717) is 6.61 Å². The molecule has 0 amide bonds. The molecule has 0 saturated carbocycles. The van der Waals surface area contributed by atoms with Gasteiger partial charge in [-0.1, -0.05) is 0 Å². The summed E-state index contributed by atoms with van der Waals surface area (Å²) in [6.07, 6.45) is -0.505. The summed E-state index contributed by atoms with van der Waals surface area (Å²) in [7, 11) is 1.57. The maximum atomic E-state index is 9.45. The van der Waals surface area contributed by atoms with E-state index in [2.05, 4.69) is 15.9 Å². The van der Waals surface area contributed by atoms with Crippen molar-refractivity contribution in [3.8, 4) is 0 Å². The largest absolute Gasteiger partial charge is 0.385 e. The van der Waals surface area contributed by atoms with Gasteiger partial charge >= 0.3 is 0 Å². The number of halogens is 1. The van der Waals surface area contributed by atoms with Crippen LogP contribution in [0.25, 0.3) is 0 Å². The second-order valence-electron chi connectivity index (χ2n) is 2.10. The molecule has 0 radical (unpaired) electrons. The zero-order valence-corrected chi connectivity index (χ0v) is 8.48. The van der Waals surface area contributed by atoms with Gasteiger partial charge < -0.3 is 9.84 Å². The predicted octanol–water partition coefficient (Wildman–Crippen LogP) is 2.19. The quantitative estimate of drug-likeness (QED) is 0.873. The van der Waals surface area contributed by atoms with Crippen LogP contribution < -0.4 is 0 Å². The Labute approximate surface area is 77.9 Å². The summed E-state index contributed by atoms with van der Waals surface area (Å²) in [5.74, 6) is 0. The standard InChI is InChI=1S/C7H9BrO2S/c1-10-4-6(9)7-5(8)2-3-11-7/h2-3,6,9H,4H2,1H3. The third kappa shape index (κ3) is 2.27. The van der Waals surface area contributed by atoms with Crippen LogP contribution >= 0.6 is 27.3 Å². The SMILES string of the molecule is COCC(O)c1sccc1Br. The zero-order valence-electron chi connectivity index (χ0n) is 6.08. The number of rotatable bonds is 3. The van der Waals surface area contributed by atoms with Crippen LogP contribution in [0.4, 0.5) is 0 Å². The van der Waals surface area contributed by atoms with Gasteiger partial charge in [-0.15, -0.1) is 11.3 Å². The van der Waals surface area contributed by atoms with Crippen LogP contribution in [0.2, 0.25) is 0 Å². The molecule has 1 heterocycles. The summed E-state index contributed by atoms with van der Waals surface area (Å²) in [6.45, 7) is 0.346. The summed E-state index contributed by atoms with van der Waals surface area (Å²) in [4.78, 5) is 0.923. The summed E-state index contributed by atoms with van der Waals surface area (Å²) in [5, 5.41) is 11.4.